The van der Waals surface area contributed by atoms with E-state index in [9.17, 15) is 14.4 Å². The SMILES string of the molecule is CNC(=O)NC(=O)[C@H](C)OC(=O)CCc1c(C)nc(SC)nc1C. The molecule has 132 valence electrons. The van der Waals surface area contributed by atoms with Gasteiger partial charge in [-0.2, -0.15) is 0 Å². The van der Waals surface area contributed by atoms with E-state index < -0.39 is 24.0 Å². The molecule has 0 saturated carbocycles. The Hall–Kier alpha value is -2.16. The van der Waals surface area contributed by atoms with Crippen molar-refractivity contribution in [1.29, 1.82) is 0 Å². The molecule has 1 aromatic rings. The predicted octanol–water partition coefficient (Wildman–Crippen LogP) is 1.14. The van der Waals surface area contributed by atoms with Gasteiger partial charge in [0.15, 0.2) is 11.3 Å². The minimum atomic E-state index is -1.05. The highest BCUT2D eigenvalue weighted by Gasteiger charge is 2.20. The first kappa shape index (κ1) is 19.9. The largest absolute Gasteiger partial charge is 0.453 e. The van der Waals surface area contributed by atoms with Crippen molar-refractivity contribution in [3.63, 3.8) is 0 Å². The predicted molar refractivity (Wildman–Crippen MR) is 89.8 cm³/mol. The Morgan fingerprint density at radius 3 is 2.29 bits per heavy atom. The summed E-state index contributed by atoms with van der Waals surface area (Å²) in [6.45, 7) is 5.14. The van der Waals surface area contributed by atoms with E-state index in [1.807, 2.05) is 20.1 Å². The molecule has 0 spiro atoms. The Balaban J connectivity index is 2.58. The van der Waals surface area contributed by atoms with Gasteiger partial charge in [-0.1, -0.05) is 11.8 Å². The average Bonchev–Trinajstić information content (AvgIpc) is 2.53. The summed E-state index contributed by atoms with van der Waals surface area (Å²) in [7, 11) is 1.38. The summed E-state index contributed by atoms with van der Waals surface area (Å²) in [6.07, 6.45) is 1.37. The summed E-state index contributed by atoms with van der Waals surface area (Å²) in [6, 6.07) is -0.653. The van der Waals surface area contributed by atoms with Crippen molar-refractivity contribution < 1.29 is 19.1 Å². The summed E-state index contributed by atoms with van der Waals surface area (Å²) in [4.78, 5) is 43.3. The normalized spacial score (nSPS) is 11.5. The fourth-order valence-electron chi connectivity index (χ4n) is 1.97. The van der Waals surface area contributed by atoms with Gasteiger partial charge >= 0.3 is 12.0 Å². The summed E-state index contributed by atoms with van der Waals surface area (Å²) < 4.78 is 5.03. The summed E-state index contributed by atoms with van der Waals surface area (Å²) in [5.74, 6) is -1.20. The van der Waals surface area contributed by atoms with E-state index >= 15 is 0 Å². The summed E-state index contributed by atoms with van der Waals surface area (Å²) in [5.41, 5.74) is 2.54. The van der Waals surface area contributed by atoms with Crippen molar-refractivity contribution >= 4 is 29.7 Å². The van der Waals surface area contributed by atoms with Crippen molar-refractivity contribution in [2.24, 2.45) is 0 Å². The molecule has 8 nitrogen and oxygen atoms in total. The quantitative estimate of drug-likeness (QED) is 0.448. The van der Waals surface area contributed by atoms with Crippen molar-refractivity contribution in [2.45, 2.75) is 44.9 Å². The first-order valence-corrected chi connectivity index (χ1v) is 8.61. The molecule has 3 amide bonds. The maximum atomic E-state index is 11.9. The lowest BCUT2D eigenvalue weighted by Crippen LogP contribution is -2.43. The van der Waals surface area contributed by atoms with Crippen LogP contribution in [0.4, 0.5) is 4.79 Å². The van der Waals surface area contributed by atoms with Gasteiger partial charge in [0, 0.05) is 24.9 Å². The molecule has 0 radical (unpaired) electrons. The third-order valence-corrected chi connectivity index (χ3v) is 3.85. The number of rotatable bonds is 6. The van der Waals surface area contributed by atoms with E-state index in [2.05, 4.69) is 20.6 Å². The van der Waals surface area contributed by atoms with Gasteiger partial charge in [0.1, 0.15) is 0 Å². The van der Waals surface area contributed by atoms with Crippen LogP contribution in [0.3, 0.4) is 0 Å². The van der Waals surface area contributed by atoms with Crippen molar-refractivity contribution in [1.82, 2.24) is 20.6 Å². The number of hydrogen-bond acceptors (Lipinski definition) is 7. The standard InChI is InChI=1S/C15H22N4O4S/c1-8-11(9(2)18-15(17-8)24-5)6-7-12(20)23-10(3)13(21)19-14(22)16-4/h10H,6-7H2,1-5H3,(H2,16,19,21,22)/t10-/m0/s1. The van der Waals surface area contributed by atoms with Gasteiger partial charge < -0.3 is 10.1 Å². The Morgan fingerprint density at radius 1 is 1.21 bits per heavy atom. The molecule has 2 N–H and O–H groups in total. The zero-order chi connectivity index (χ0) is 18.3. The van der Waals surface area contributed by atoms with E-state index in [0.717, 1.165) is 17.0 Å². The number of ether oxygens (including phenoxy) is 1. The van der Waals surface area contributed by atoms with Gasteiger partial charge in [-0.15, -0.1) is 0 Å². The van der Waals surface area contributed by atoms with Gasteiger partial charge in [0.2, 0.25) is 0 Å². The van der Waals surface area contributed by atoms with Crippen LogP contribution in [-0.2, 0) is 20.7 Å². The number of amides is 3. The van der Waals surface area contributed by atoms with Crippen molar-refractivity contribution in [2.75, 3.05) is 13.3 Å². The van der Waals surface area contributed by atoms with Crippen LogP contribution < -0.4 is 10.6 Å². The molecule has 0 aliphatic rings. The lowest BCUT2D eigenvalue weighted by Gasteiger charge is -2.13. The maximum absolute atomic E-state index is 11.9. The van der Waals surface area contributed by atoms with Crippen molar-refractivity contribution in [3.05, 3.63) is 17.0 Å². The molecule has 0 bridgehead atoms. The fraction of sp³-hybridized carbons (Fsp3) is 0.533. The highest BCUT2D eigenvalue weighted by atomic mass is 32.2. The number of aryl methyl sites for hydroxylation is 2. The van der Waals surface area contributed by atoms with Gasteiger partial charge in [-0.3, -0.25) is 14.9 Å². The Labute approximate surface area is 145 Å². The zero-order valence-corrected chi connectivity index (χ0v) is 15.2. The number of carbonyl (C=O) groups excluding carboxylic acids is 3. The van der Waals surface area contributed by atoms with E-state index in [1.165, 1.54) is 25.7 Å². The highest BCUT2D eigenvalue weighted by Crippen LogP contribution is 2.17. The average molecular weight is 354 g/mol. The first-order valence-electron chi connectivity index (χ1n) is 7.38. The molecule has 9 heteroatoms. The first-order chi connectivity index (χ1) is 11.3. The number of nitrogens with zero attached hydrogens (tertiary/aromatic N) is 2. The molecule has 0 saturated heterocycles. The van der Waals surface area contributed by atoms with Gasteiger partial charge in [0.05, 0.1) is 0 Å². The van der Waals surface area contributed by atoms with Crippen LogP contribution in [-0.4, -0.2) is 47.3 Å². The Morgan fingerprint density at radius 2 is 1.79 bits per heavy atom. The van der Waals surface area contributed by atoms with Crippen LogP contribution in [0.1, 0.15) is 30.3 Å². The second-order valence-corrected chi connectivity index (χ2v) is 5.83. The molecule has 1 aromatic heterocycles. The van der Waals surface area contributed by atoms with Gasteiger partial charge in [-0.25, -0.2) is 14.8 Å². The number of carbonyl (C=O) groups is 3. The smallest absolute Gasteiger partial charge is 0.321 e. The number of hydrogen-bond donors (Lipinski definition) is 2. The molecule has 1 rings (SSSR count). The van der Waals surface area contributed by atoms with Crippen LogP contribution >= 0.6 is 11.8 Å². The van der Waals surface area contributed by atoms with Crippen LogP contribution in [0.15, 0.2) is 5.16 Å². The molecule has 0 aliphatic carbocycles. The number of esters is 1. The van der Waals surface area contributed by atoms with E-state index in [1.54, 1.807) is 0 Å². The van der Waals surface area contributed by atoms with E-state index in [4.69, 9.17) is 4.74 Å². The molecule has 1 heterocycles. The zero-order valence-electron chi connectivity index (χ0n) is 14.4. The number of nitrogens with one attached hydrogen (secondary N) is 2. The highest BCUT2D eigenvalue weighted by molar-refractivity contribution is 7.98. The number of thioether (sulfide) groups is 1. The lowest BCUT2D eigenvalue weighted by atomic mass is 10.1. The van der Waals surface area contributed by atoms with Gasteiger partial charge in [0.25, 0.3) is 5.91 Å². The fourth-order valence-corrected chi connectivity index (χ4v) is 2.43. The topological polar surface area (TPSA) is 110 Å². The second kappa shape index (κ2) is 9.21. The molecule has 24 heavy (non-hydrogen) atoms. The summed E-state index contributed by atoms with van der Waals surface area (Å²) in [5, 5.41) is 4.99. The minimum Gasteiger partial charge on any atom is -0.453 e. The molecule has 0 unspecified atom stereocenters. The third kappa shape index (κ3) is 5.80. The molecule has 0 aromatic carbocycles. The number of imide groups is 1. The molecule has 0 fully saturated rings. The monoisotopic (exact) mass is 354 g/mol. The Bertz CT molecular complexity index is 613. The van der Waals surface area contributed by atoms with E-state index in [0.29, 0.717) is 11.6 Å². The van der Waals surface area contributed by atoms with Crippen LogP contribution in [0.5, 0.6) is 0 Å². The molecular weight excluding hydrogens is 332 g/mol. The molecular formula is C15H22N4O4S. The molecule has 1 atom stereocenters. The Kier molecular flexibility index (Phi) is 7.63. The molecule has 0 aliphatic heterocycles. The van der Waals surface area contributed by atoms with Crippen LogP contribution in [0.25, 0.3) is 0 Å². The minimum absolute atomic E-state index is 0.0985. The van der Waals surface area contributed by atoms with E-state index in [-0.39, 0.29) is 6.42 Å². The van der Waals surface area contributed by atoms with Crippen molar-refractivity contribution in [3.8, 4) is 0 Å². The van der Waals surface area contributed by atoms with Gasteiger partial charge in [-0.05, 0) is 39.0 Å². The lowest BCUT2D eigenvalue weighted by molar-refractivity contribution is -0.154. The maximum Gasteiger partial charge on any atom is 0.321 e. The van der Waals surface area contributed by atoms with Crippen LogP contribution in [0, 0.1) is 13.8 Å². The number of aromatic nitrogens is 2. The second-order valence-electron chi connectivity index (χ2n) is 5.06. The third-order valence-electron chi connectivity index (χ3n) is 3.30. The number of urea groups is 1. The summed E-state index contributed by atoms with van der Waals surface area (Å²) >= 11 is 1.46. The van der Waals surface area contributed by atoms with Crippen LogP contribution in [0.2, 0.25) is 0 Å².